The number of ether oxygens (including phenoxy) is 1. The molecule has 0 bridgehead atoms. The van der Waals surface area contributed by atoms with Gasteiger partial charge in [0.2, 0.25) is 0 Å². The third kappa shape index (κ3) is 2.47. The molecule has 0 aromatic heterocycles. The van der Waals surface area contributed by atoms with Gasteiger partial charge in [-0.05, 0) is 17.3 Å². The molecule has 0 aliphatic carbocycles. The highest BCUT2D eigenvalue weighted by atomic mass is 16.7. The van der Waals surface area contributed by atoms with Gasteiger partial charge in [0.25, 0.3) is 5.90 Å². The van der Waals surface area contributed by atoms with Crippen molar-refractivity contribution in [2.45, 2.75) is 0 Å². The molecular weight excluding hydrogens is 224 g/mol. The van der Waals surface area contributed by atoms with Crippen LogP contribution in [0.15, 0.2) is 28.5 Å². The predicted molar refractivity (Wildman–Crippen MR) is 61.2 cm³/mol. The number of nitrogens with zero attached hydrogens (tertiary/aromatic N) is 2. The molecule has 0 spiro atoms. The van der Waals surface area contributed by atoms with E-state index in [9.17, 15) is 5.11 Å². The maximum absolute atomic E-state index is 10.0. The lowest BCUT2D eigenvalue weighted by molar-refractivity contribution is 0.0653. The van der Waals surface area contributed by atoms with Gasteiger partial charge in [-0.1, -0.05) is 11.2 Å². The van der Waals surface area contributed by atoms with Crippen LogP contribution in [-0.2, 0) is 14.4 Å². The van der Waals surface area contributed by atoms with Gasteiger partial charge < -0.3 is 19.5 Å². The number of phenols is 1. The molecule has 6 nitrogen and oxygen atoms in total. The topological polar surface area (TPSA) is 72.6 Å². The summed E-state index contributed by atoms with van der Waals surface area (Å²) in [6.45, 7) is 0.823. The van der Waals surface area contributed by atoms with E-state index >= 15 is 0 Å². The fraction of sp³-hybridized carbons (Fsp3) is 0.273. The van der Waals surface area contributed by atoms with Crippen molar-refractivity contribution in [3.63, 3.8) is 0 Å². The first-order valence-electron chi connectivity index (χ1n) is 5.04. The molecule has 2 rings (SSSR count). The smallest absolute Gasteiger partial charge is 0.261 e. The van der Waals surface area contributed by atoms with Gasteiger partial charge in [0.05, 0.1) is 11.8 Å². The van der Waals surface area contributed by atoms with Crippen molar-refractivity contribution in [2.24, 2.45) is 10.3 Å². The number of aromatic hydroxyl groups is 1. The Balaban J connectivity index is 2.34. The molecule has 1 aromatic carbocycles. The fourth-order valence-electron chi connectivity index (χ4n) is 1.38. The van der Waals surface area contributed by atoms with Crippen molar-refractivity contribution < 1.29 is 19.5 Å². The van der Waals surface area contributed by atoms with E-state index in [2.05, 4.69) is 15.1 Å². The lowest BCUT2D eigenvalue weighted by Gasteiger charge is -2.14. The number of oxime groups is 2. The highest BCUT2D eigenvalue weighted by molar-refractivity contribution is 5.99. The first kappa shape index (κ1) is 11.3. The number of hydrogen-bond acceptors (Lipinski definition) is 6. The van der Waals surface area contributed by atoms with Gasteiger partial charge in [-0.2, -0.15) is 0 Å². The average Bonchev–Trinajstić information content (AvgIpc) is 2.39. The zero-order valence-electron chi connectivity index (χ0n) is 9.29. The van der Waals surface area contributed by atoms with E-state index in [1.807, 2.05) is 0 Å². The summed E-state index contributed by atoms with van der Waals surface area (Å²) < 4.78 is 5.29. The van der Waals surface area contributed by atoms with Crippen LogP contribution in [0.2, 0.25) is 0 Å². The number of para-hydroxylation sites is 1. The summed E-state index contributed by atoms with van der Waals surface area (Å²) in [6.07, 6.45) is 1.41. The molecule has 0 saturated heterocycles. The Hall–Kier alpha value is -2.24. The van der Waals surface area contributed by atoms with Gasteiger partial charge in [0.1, 0.15) is 19.5 Å². The SMILES string of the molecule is CO/N=C/c1cccc(C2=NOCCO2)c1O. The van der Waals surface area contributed by atoms with Gasteiger partial charge in [-0.3, -0.25) is 0 Å². The Morgan fingerprint density at radius 2 is 2.35 bits per heavy atom. The van der Waals surface area contributed by atoms with E-state index in [1.165, 1.54) is 13.3 Å². The van der Waals surface area contributed by atoms with Crippen LogP contribution in [0.5, 0.6) is 5.75 Å². The van der Waals surface area contributed by atoms with Crippen LogP contribution in [0.3, 0.4) is 0 Å². The van der Waals surface area contributed by atoms with Gasteiger partial charge >= 0.3 is 0 Å². The molecule has 1 aromatic rings. The Bertz CT molecular complexity index is 457. The van der Waals surface area contributed by atoms with Gasteiger partial charge in [-0.25, -0.2) is 0 Å². The predicted octanol–water partition coefficient (Wildman–Crippen LogP) is 1.08. The lowest BCUT2D eigenvalue weighted by atomic mass is 10.1. The number of hydrogen-bond donors (Lipinski definition) is 1. The minimum atomic E-state index is 0.0255. The van der Waals surface area contributed by atoms with Crippen molar-refractivity contribution in [3.8, 4) is 5.75 Å². The summed E-state index contributed by atoms with van der Waals surface area (Å²) in [7, 11) is 1.43. The van der Waals surface area contributed by atoms with Gasteiger partial charge in [0.15, 0.2) is 6.61 Å². The fourth-order valence-corrected chi connectivity index (χ4v) is 1.38. The standard InChI is InChI=1S/C11H12N2O4/c1-15-12-7-8-3-2-4-9(10(8)14)11-13-17-6-5-16-11/h2-4,7,14H,5-6H2,1H3/b12-7+. The van der Waals surface area contributed by atoms with Crippen LogP contribution in [0.4, 0.5) is 0 Å². The molecule has 17 heavy (non-hydrogen) atoms. The monoisotopic (exact) mass is 236 g/mol. The summed E-state index contributed by atoms with van der Waals surface area (Å²) in [5, 5.41) is 17.3. The molecule has 0 radical (unpaired) electrons. The van der Waals surface area contributed by atoms with Crippen LogP contribution >= 0.6 is 0 Å². The molecule has 90 valence electrons. The van der Waals surface area contributed by atoms with Crippen molar-refractivity contribution >= 4 is 12.1 Å². The molecule has 0 saturated carbocycles. The number of benzene rings is 1. The van der Waals surface area contributed by atoms with E-state index in [0.717, 1.165) is 0 Å². The van der Waals surface area contributed by atoms with Crippen LogP contribution in [0, 0.1) is 0 Å². The van der Waals surface area contributed by atoms with Crippen LogP contribution in [-0.4, -0.2) is 37.5 Å². The third-order valence-corrected chi connectivity index (χ3v) is 2.16. The summed E-state index contributed by atoms with van der Waals surface area (Å²) in [4.78, 5) is 9.46. The molecule has 6 heteroatoms. The maximum atomic E-state index is 10.0. The molecule has 0 atom stereocenters. The van der Waals surface area contributed by atoms with Crippen LogP contribution in [0.25, 0.3) is 0 Å². The quantitative estimate of drug-likeness (QED) is 0.629. The maximum Gasteiger partial charge on any atom is 0.261 e. The molecule has 1 N–H and O–H groups in total. The highest BCUT2D eigenvalue weighted by Crippen LogP contribution is 2.23. The molecule has 1 heterocycles. The van der Waals surface area contributed by atoms with E-state index in [1.54, 1.807) is 18.2 Å². The van der Waals surface area contributed by atoms with Crippen LogP contribution in [0.1, 0.15) is 11.1 Å². The largest absolute Gasteiger partial charge is 0.506 e. The summed E-state index contributed by atoms with van der Waals surface area (Å²) in [6, 6.07) is 5.14. The van der Waals surface area contributed by atoms with Crippen LogP contribution < -0.4 is 0 Å². The first-order chi connectivity index (χ1) is 8.33. The first-order valence-corrected chi connectivity index (χ1v) is 5.04. The summed E-state index contributed by atoms with van der Waals surface area (Å²) >= 11 is 0. The Morgan fingerprint density at radius 3 is 3.06 bits per heavy atom. The molecule has 1 aliphatic heterocycles. The molecule has 0 unspecified atom stereocenters. The second-order valence-electron chi connectivity index (χ2n) is 3.24. The van der Waals surface area contributed by atoms with Crippen molar-refractivity contribution in [2.75, 3.05) is 20.3 Å². The highest BCUT2D eigenvalue weighted by Gasteiger charge is 2.16. The number of rotatable bonds is 3. The Kier molecular flexibility index (Phi) is 3.44. The summed E-state index contributed by atoms with van der Waals surface area (Å²) in [5.41, 5.74) is 0.978. The normalized spacial score (nSPS) is 15.0. The number of phenolic OH excluding ortho intramolecular Hbond substituents is 1. The van der Waals surface area contributed by atoms with Gasteiger partial charge in [-0.15, -0.1) is 0 Å². The molecule has 0 fully saturated rings. The lowest BCUT2D eigenvalue weighted by Crippen LogP contribution is -2.17. The zero-order chi connectivity index (χ0) is 12.1. The minimum Gasteiger partial charge on any atom is -0.506 e. The second-order valence-corrected chi connectivity index (χ2v) is 3.24. The summed E-state index contributed by atoms with van der Waals surface area (Å²) in [5.74, 6) is 0.291. The van der Waals surface area contributed by atoms with Crippen molar-refractivity contribution in [3.05, 3.63) is 29.3 Å². The zero-order valence-corrected chi connectivity index (χ0v) is 9.29. The molecule has 1 aliphatic rings. The third-order valence-electron chi connectivity index (χ3n) is 2.16. The van der Waals surface area contributed by atoms with E-state index in [-0.39, 0.29) is 11.6 Å². The minimum absolute atomic E-state index is 0.0255. The Labute approximate surface area is 98.1 Å². The molecular formula is C11H12N2O4. The second kappa shape index (κ2) is 5.20. The van der Waals surface area contributed by atoms with Crippen molar-refractivity contribution in [1.29, 1.82) is 0 Å². The van der Waals surface area contributed by atoms with E-state index in [4.69, 9.17) is 9.57 Å². The Morgan fingerprint density at radius 1 is 1.47 bits per heavy atom. The van der Waals surface area contributed by atoms with Crippen molar-refractivity contribution in [1.82, 2.24) is 0 Å². The average molecular weight is 236 g/mol. The van der Waals surface area contributed by atoms with Gasteiger partial charge in [0, 0.05) is 5.56 Å². The molecule has 0 amide bonds. The van der Waals surface area contributed by atoms with E-state index < -0.39 is 0 Å². The van der Waals surface area contributed by atoms with E-state index in [0.29, 0.717) is 24.3 Å².